The summed E-state index contributed by atoms with van der Waals surface area (Å²) in [6.45, 7) is 0.596. The van der Waals surface area contributed by atoms with Crippen molar-refractivity contribution in [3.8, 4) is 0 Å². The molecule has 0 N–H and O–H groups in total. The van der Waals surface area contributed by atoms with Crippen LogP contribution in [0, 0.1) is 0 Å². The normalized spacial score (nSPS) is 18.1. The Balaban J connectivity index is 1.53. The minimum atomic E-state index is -3.85. The van der Waals surface area contributed by atoms with Crippen LogP contribution in [0.15, 0.2) is 34.5 Å². The number of rotatable bonds is 4. The lowest BCUT2D eigenvalue weighted by atomic mass is 10.0. The molecule has 4 rings (SSSR count). The van der Waals surface area contributed by atoms with Gasteiger partial charge in [0, 0.05) is 29.7 Å². The number of ether oxygens (including phenoxy) is 2. The van der Waals surface area contributed by atoms with Gasteiger partial charge >= 0.3 is 12.1 Å². The molecule has 0 radical (unpaired) electrons. The quantitative estimate of drug-likeness (QED) is 0.635. The number of carbonyl (C=O) groups is 2. The predicted molar refractivity (Wildman–Crippen MR) is 112 cm³/mol. The van der Waals surface area contributed by atoms with Crippen molar-refractivity contribution in [3.63, 3.8) is 0 Å². The van der Waals surface area contributed by atoms with Crippen LogP contribution in [0.1, 0.15) is 28.1 Å². The molecule has 0 unspecified atom stereocenters. The Labute approximate surface area is 183 Å². The summed E-state index contributed by atoms with van der Waals surface area (Å²) in [5.41, 5.74) is 1.56. The largest absolute Gasteiger partial charge is 0.465 e. The zero-order valence-electron chi connectivity index (χ0n) is 16.0. The molecule has 1 amide bonds. The molecular weight excluding hydrogens is 452 g/mol. The molecule has 1 aromatic heterocycles. The number of cyclic esters (lactones) is 1. The first kappa shape index (κ1) is 21.1. The minimum Gasteiger partial charge on any atom is -0.465 e. The monoisotopic (exact) mass is 470 g/mol. The molecule has 0 aliphatic carbocycles. The Hall–Kier alpha value is -2.14. The number of nitrogens with zero attached hydrogens (tertiary/aromatic N) is 2. The maximum absolute atomic E-state index is 13.1. The third-order valence-corrected chi connectivity index (χ3v) is 8.45. The van der Waals surface area contributed by atoms with E-state index in [1.54, 1.807) is 28.5 Å². The van der Waals surface area contributed by atoms with E-state index in [1.807, 2.05) is 0 Å². The molecular formula is C19H19ClN2O6S2. The Morgan fingerprint density at radius 1 is 1.27 bits per heavy atom. The van der Waals surface area contributed by atoms with Crippen LogP contribution < -0.4 is 4.90 Å². The average Bonchev–Trinajstić information content (AvgIpc) is 3.24. The van der Waals surface area contributed by atoms with Crippen molar-refractivity contribution in [1.29, 1.82) is 0 Å². The van der Waals surface area contributed by atoms with Gasteiger partial charge in [-0.3, -0.25) is 4.90 Å². The Morgan fingerprint density at radius 3 is 2.70 bits per heavy atom. The van der Waals surface area contributed by atoms with Gasteiger partial charge in [-0.15, -0.1) is 11.3 Å². The highest BCUT2D eigenvalue weighted by molar-refractivity contribution is 7.89. The van der Waals surface area contributed by atoms with E-state index < -0.39 is 22.1 Å². The van der Waals surface area contributed by atoms with Gasteiger partial charge in [-0.25, -0.2) is 18.0 Å². The number of fused-ring (bicyclic) bond motifs is 1. The number of sulfonamides is 1. The summed E-state index contributed by atoms with van der Waals surface area (Å²) >= 11 is 7.08. The zero-order chi connectivity index (χ0) is 21.5. The van der Waals surface area contributed by atoms with Crippen LogP contribution in [0.5, 0.6) is 0 Å². The molecule has 1 saturated heterocycles. The fraction of sp³-hybridized carbons (Fsp3) is 0.368. The highest BCUT2D eigenvalue weighted by Crippen LogP contribution is 2.35. The van der Waals surface area contributed by atoms with Gasteiger partial charge in [-0.2, -0.15) is 4.31 Å². The van der Waals surface area contributed by atoms with E-state index in [-0.39, 0.29) is 35.5 Å². The molecule has 2 aromatic rings. The highest BCUT2D eigenvalue weighted by atomic mass is 35.5. The smallest absolute Gasteiger partial charge is 0.414 e. The number of esters is 1. The zero-order valence-corrected chi connectivity index (χ0v) is 18.4. The summed E-state index contributed by atoms with van der Waals surface area (Å²) in [4.78, 5) is 25.9. The predicted octanol–water partition coefficient (Wildman–Crippen LogP) is 3.50. The number of amides is 1. The van der Waals surface area contributed by atoms with Gasteiger partial charge in [-0.1, -0.05) is 11.6 Å². The van der Waals surface area contributed by atoms with Crippen LogP contribution in [0.3, 0.4) is 0 Å². The number of thiophene rings is 1. The maximum Gasteiger partial charge on any atom is 0.414 e. The first-order chi connectivity index (χ1) is 14.3. The lowest BCUT2D eigenvalue weighted by Gasteiger charge is -2.39. The molecule has 2 aliphatic rings. The van der Waals surface area contributed by atoms with Crippen molar-refractivity contribution in [3.05, 3.63) is 45.1 Å². The fourth-order valence-electron chi connectivity index (χ4n) is 3.78. The summed E-state index contributed by atoms with van der Waals surface area (Å²) < 4.78 is 37.5. The number of methoxy groups -OCH3 is 1. The van der Waals surface area contributed by atoms with Crippen LogP contribution in [0.4, 0.5) is 10.5 Å². The van der Waals surface area contributed by atoms with Crippen molar-refractivity contribution < 1.29 is 27.5 Å². The van der Waals surface area contributed by atoms with Gasteiger partial charge in [0.25, 0.3) is 0 Å². The number of hydrogen-bond acceptors (Lipinski definition) is 7. The van der Waals surface area contributed by atoms with Gasteiger partial charge in [-0.05, 0) is 42.5 Å². The van der Waals surface area contributed by atoms with Gasteiger partial charge in [0.05, 0.1) is 12.8 Å². The molecule has 1 aromatic carbocycles. The molecule has 30 heavy (non-hydrogen) atoms. The van der Waals surface area contributed by atoms with Crippen LogP contribution >= 0.6 is 22.9 Å². The number of benzene rings is 1. The van der Waals surface area contributed by atoms with Crippen molar-refractivity contribution in [2.75, 3.05) is 25.1 Å². The first-order valence-electron chi connectivity index (χ1n) is 9.23. The molecule has 0 atom stereocenters. The van der Waals surface area contributed by atoms with Crippen molar-refractivity contribution in [2.24, 2.45) is 0 Å². The Morgan fingerprint density at radius 2 is 2.00 bits per heavy atom. The summed E-state index contributed by atoms with van der Waals surface area (Å²) in [5, 5.41) is 2.11. The lowest BCUT2D eigenvalue weighted by molar-refractivity contribution is 0.0602. The number of anilines is 1. The van der Waals surface area contributed by atoms with Crippen molar-refractivity contribution in [1.82, 2.24) is 4.31 Å². The van der Waals surface area contributed by atoms with Crippen molar-refractivity contribution >= 4 is 50.7 Å². The Bertz CT molecular complexity index is 1090. The molecule has 0 spiro atoms. The standard InChI is InChI=1S/C19H19ClN2O6S2/c1-27-18(23)17-16(6-9-29-17)30(25,26)21-7-4-14(5-8-21)22-15-3-2-13(20)10-12(15)11-28-19(22)24/h2-3,6,9-10,14H,4-5,7-8,11H2,1H3. The van der Waals surface area contributed by atoms with Gasteiger partial charge < -0.3 is 9.47 Å². The second-order valence-corrected chi connectivity index (χ2v) is 10.2. The van der Waals surface area contributed by atoms with E-state index in [1.165, 1.54) is 17.5 Å². The number of carbonyl (C=O) groups excluding carboxylic acids is 2. The van der Waals surface area contributed by atoms with Crippen LogP contribution in [-0.2, 0) is 26.1 Å². The lowest BCUT2D eigenvalue weighted by Crippen LogP contribution is -2.50. The maximum atomic E-state index is 13.1. The minimum absolute atomic E-state index is 0.0461. The number of hydrogen-bond donors (Lipinski definition) is 0. The Kier molecular flexibility index (Phi) is 5.75. The number of halogens is 1. The average molecular weight is 471 g/mol. The summed E-state index contributed by atoms with van der Waals surface area (Å²) in [7, 11) is -2.63. The summed E-state index contributed by atoms with van der Waals surface area (Å²) in [6.07, 6.45) is 0.430. The molecule has 0 saturated carbocycles. The van der Waals surface area contributed by atoms with Crippen LogP contribution in [0.25, 0.3) is 0 Å². The highest BCUT2D eigenvalue weighted by Gasteiger charge is 2.38. The third kappa shape index (κ3) is 3.68. The summed E-state index contributed by atoms with van der Waals surface area (Å²) in [5.74, 6) is -0.676. The molecule has 8 nitrogen and oxygen atoms in total. The van der Waals surface area contributed by atoms with Gasteiger partial charge in [0.1, 0.15) is 16.4 Å². The van der Waals surface area contributed by atoms with Crippen molar-refractivity contribution in [2.45, 2.75) is 30.4 Å². The van der Waals surface area contributed by atoms with Gasteiger partial charge in [0.15, 0.2) is 0 Å². The van der Waals surface area contributed by atoms with E-state index in [0.717, 1.165) is 22.6 Å². The molecule has 11 heteroatoms. The third-order valence-electron chi connectivity index (χ3n) is 5.26. The van der Waals surface area contributed by atoms with E-state index >= 15 is 0 Å². The molecule has 160 valence electrons. The first-order valence-corrected chi connectivity index (χ1v) is 11.9. The van der Waals surface area contributed by atoms with Crippen LogP contribution in [0.2, 0.25) is 5.02 Å². The molecule has 3 heterocycles. The SMILES string of the molecule is COC(=O)c1sccc1S(=O)(=O)N1CCC(N2C(=O)OCc3cc(Cl)ccc32)CC1. The van der Waals surface area contributed by atoms with E-state index in [2.05, 4.69) is 4.74 Å². The molecule has 0 bridgehead atoms. The molecule has 1 fully saturated rings. The number of piperidine rings is 1. The van der Waals surface area contributed by atoms with Crippen LogP contribution in [-0.4, -0.2) is 51.0 Å². The fourth-order valence-corrected chi connectivity index (χ4v) is 6.75. The topological polar surface area (TPSA) is 93.2 Å². The summed E-state index contributed by atoms with van der Waals surface area (Å²) in [6, 6.07) is 6.49. The van der Waals surface area contributed by atoms with E-state index in [4.69, 9.17) is 16.3 Å². The van der Waals surface area contributed by atoms with Gasteiger partial charge in [0.2, 0.25) is 10.0 Å². The second-order valence-electron chi connectivity index (χ2n) is 6.94. The second kappa shape index (κ2) is 8.18. The molecule has 2 aliphatic heterocycles. The van der Waals surface area contributed by atoms with E-state index in [9.17, 15) is 18.0 Å². The van der Waals surface area contributed by atoms with E-state index in [0.29, 0.717) is 17.9 Å².